The summed E-state index contributed by atoms with van der Waals surface area (Å²) in [6.45, 7) is 0.493. The maximum atomic E-state index is 12.4. The van der Waals surface area contributed by atoms with Gasteiger partial charge in [-0.05, 0) is 34.9 Å². The molecule has 0 aliphatic heterocycles. The van der Waals surface area contributed by atoms with E-state index in [0.717, 1.165) is 23.6 Å². The summed E-state index contributed by atoms with van der Waals surface area (Å²) in [4.78, 5) is 14.0. The number of aromatic nitrogens is 4. The highest BCUT2D eigenvalue weighted by Gasteiger charge is 2.22. The lowest BCUT2D eigenvalue weighted by atomic mass is 10.2. The first-order valence-electron chi connectivity index (χ1n) is 8.03. The van der Waals surface area contributed by atoms with Crippen molar-refractivity contribution in [2.24, 2.45) is 0 Å². The summed E-state index contributed by atoms with van der Waals surface area (Å²) in [6.07, 6.45) is 4.65. The third-order valence-corrected chi connectivity index (χ3v) is 5.54. The van der Waals surface area contributed by atoms with Crippen LogP contribution in [-0.4, -0.2) is 43.8 Å². The number of nitrogens with zero attached hydrogens (tertiary/aromatic N) is 5. The van der Waals surface area contributed by atoms with Crippen LogP contribution in [0.15, 0.2) is 29.4 Å². The molecule has 1 saturated carbocycles. The molecule has 1 fully saturated rings. The Kier molecular flexibility index (Phi) is 5.73. The minimum absolute atomic E-state index is 0.0286. The van der Waals surface area contributed by atoms with Crippen LogP contribution in [0.5, 0.6) is 0 Å². The molecule has 1 amide bonds. The molecule has 1 aliphatic carbocycles. The Morgan fingerprint density at radius 3 is 2.88 bits per heavy atom. The second-order valence-corrected chi connectivity index (χ2v) is 7.32. The molecule has 1 aromatic heterocycles. The maximum Gasteiger partial charge on any atom is 0.233 e. The lowest BCUT2D eigenvalue weighted by Gasteiger charge is -2.18. The van der Waals surface area contributed by atoms with E-state index in [1.165, 1.54) is 24.6 Å². The molecule has 0 radical (unpaired) electrons. The lowest BCUT2D eigenvalue weighted by molar-refractivity contribution is -0.127. The Labute approximate surface area is 150 Å². The summed E-state index contributed by atoms with van der Waals surface area (Å²) in [6, 6.07) is 7.94. The number of benzene rings is 1. The van der Waals surface area contributed by atoms with Crippen molar-refractivity contribution >= 4 is 29.3 Å². The van der Waals surface area contributed by atoms with Gasteiger partial charge in [-0.2, -0.15) is 0 Å². The van der Waals surface area contributed by atoms with E-state index in [0.29, 0.717) is 23.4 Å². The molecule has 0 N–H and O–H groups in total. The highest BCUT2D eigenvalue weighted by Crippen LogP contribution is 2.31. The predicted octanol–water partition coefficient (Wildman–Crippen LogP) is 3.19. The second kappa shape index (κ2) is 7.98. The fraction of sp³-hybridized carbons (Fsp3) is 0.500. The van der Waals surface area contributed by atoms with Crippen LogP contribution in [0, 0.1) is 0 Å². The van der Waals surface area contributed by atoms with Crippen LogP contribution in [0.25, 0.3) is 0 Å². The average molecular weight is 366 g/mol. The fourth-order valence-electron chi connectivity index (χ4n) is 2.87. The van der Waals surface area contributed by atoms with E-state index in [1.54, 1.807) is 11.9 Å². The third kappa shape index (κ3) is 4.08. The van der Waals surface area contributed by atoms with Crippen molar-refractivity contribution in [1.82, 2.24) is 25.1 Å². The van der Waals surface area contributed by atoms with Crippen molar-refractivity contribution in [1.29, 1.82) is 0 Å². The van der Waals surface area contributed by atoms with Crippen LogP contribution in [0.2, 0.25) is 5.02 Å². The van der Waals surface area contributed by atoms with Gasteiger partial charge in [0.1, 0.15) is 0 Å². The number of halogens is 1. The zero-order valence-electron chi connectivity index (χ0n) is 13.6. The van der Waals surface area contributed by atoms with E-state index in [9.17, 15) is 4.79 Å². The van der Waals surface area contributed by atoms with Gasteiger partial charge in [0.25, 0.3) is 0 Å². The standard InChI is InChI=1S/C16H20ClN5OS/c1-21(10-12-6-2-5-9-14(12)17)15(23)11-24-16-18-19-20-22(16)13-7-3-4-8-13/h2,5-6,9,13H,3-4,7-8,10-11H2,1H3. The SMILES string of the molecule is CN(Cc1ccccc1Cl)C(=O)CSc1nnnn1C1CCCC1. The number of thioether (sulfide) groups is 1. The molecule has 3 rings (SSSR count). The van der Waals surface area contributed by atoms with Crippen molar-refractivity contribution in [3.8, 4) is 0 Å². The van der Waals surface area contributed by atoms with Crippen LogP contribution in [-0.2, 0) is 11.3 Å². The van der Waals surface area contributed by atoms with Gasteiger partial charge < -0.3 is 4.90 Å². The van der Waals surface area contributed by atoms with Gasteiger partial charge in [-0.15, -0.1) is 5.10 Å². The van der Waals surface area contributed by atoms with Gasteiger partial charge in [0.15, 0.2) is 0 Å². The van der Waals surface area contributed by atoms with E-state index in [-0.39, 0.29) is 5.91 Å². The number of hydrogen-bond donors (Lipinski definition) is 0. The lowest BCUT2D eigenvalue weighted by Crippen LogP contribution is -2.28. The minimum Gasteiger partial charge on any atom is -0.341 e. The Morgan fingerprint density at radius 2 is 2.12 bits per heavy atom. The summed E-state index contributed by atoms with van der Waals surface area (Å²) in [7, 11) is 1.78. The van der Waals surface area contributed by atoms with Gasteiger partial charge in [-0.3, -0.25) is 4.79 Å². The molecule has 0 spiro atoms. The van der Waals surface area contributed by atoms with E-state index in [4.69, 9.17) is 11.6 Å². The molecule has 1 aromatic carbocycles. The first-order chi connectivity index (χ1) is 11.6. The topological polar surface area (TPSA) is 63.9 Å². The van der Waals surface area contributed by atoms with Gasteiger partial charge in [0.05, 0.1) is 11.8 Å². The van der Waals surface area contributed by atoms with E-state index >= 15 is 0 Å². The largest absolute Gasteiger partial charge is 0.341 e. The molecule has 24 heavy (non-hydrogen) atoms. The van der Waals surface area contributed by atoms with Crippen LogP contribution in [0.4, 0.5) is 0 Å². The quantitative estimate of drug-likeness (QED) is 0.735. The zero-order valence-corrected chi connectivity index (χ0v) is 15.1. The van der Waals surface area contributed by atoms with Gasteiger partial charge in [-0.25, -0.2) is 4.68 Å². The van der Waals surface area contributed by atoms with Crippen molar-refractivity contribution < 1.29 is 4.79 Å². The number of hydrogen-bond acceptors (Lipinski definition) is 5. The molecule has 1 aliphatic rings. The summed E-state index contributed by atoms with van der Waals surface area (Å²) in [5.41, 5.74) is 0.941. The van der Waals surface area contributed by atoms with Crippen LogP contribution in [0.1, 0.15) is 37.3 Å². The maximum absolute atomic E-state index is 12.4. The number of tetrazole rings is 1. The van der Waals surface area contributed by atoms with Crippen molar-refractivity contribution in [2.75, 3.05) is 12.8 Å². The molecule has 8 heteroatoms. The molecule has 1 heterocycles. The molecule has 6 nitrogen and oxygen atoms in total. The fourth-order valence-corrected chi connectivity index (χ4v) is 3.95. The molecule has 0 unspecified atom stereocenters. The Balaban J connectivity index is 1.56. The second-order valence-electron chi connectivity index (χ2n) is 5.97. The van der Waals surface area contributed by atoms with Gasteiger partial charge in [0.2, 0.25) is 11.1 Å². The van der Waals surface area contributed by atoms with Crippen molar-refractivity contribution in [3.05, 3.63) is 34.9 Å². The number of carbonyl (C=O) groups is 1. The van der Waals surface area contributed by atoms with Crippen molar-refractivity contribution in [2.45, 2.75) is 43.4 Å². The summed E-state index contributed by atoms with van der Waals surface area (Å²) in [5, 5.41) is 13.3. The van der Waals surface area contributed by atoms with Crippen LogP contribution in [0.3, 0.4) is 0 Å². The molecule has 2 aromatic rings. The highest BCUT2D eigenvalue weighted by molar-refractivity contribution is 7.99. The Morgan fingerprint density at radius 1 is 1.38 bits per heavy atom. The monoisotopic (exact) mass is 365 g/mol. The smallest absolute Gasteiger partial charge is 0.233 e. The molecule has 0 saturated heterocycles. The number of carbonyl (C=O) groups excluding carboxylic acids is 1. The first kappa shape index (κ1) is 17.2. The van der Waals surface area contributed by atoms with Crippen LogP contribution >= 0.6 is 23.4 Å². The zero-order chi connectivity index (χ0) is 16.9. The van der Waals surface area contributed by atoms with Gasteiger partial charge >= 0.3 is 0 Å². The highest BCUT2D eigenvalue weighted by atomic mass is 35.5. The average Bonchev–Trinajstić information content (AvgIpc) is 3.25. The Bertz CT molecular complexity index is 701. The summed E-state index contributed by atoms with van der Waals surface area (Å²) in [5.74, 6) is 0.342. The molecular formula is C16H20ClN5OS. The van der Waals surface area contributed by atoms with E-state index in [2.05, 4.69) is 15.5 Å². The first-order valence-corrected chi connectivity index (χ1v) is 9.39. The van der Waals surface area contributed by atoms with E-state index in [1.807, 2.05) is 28.9 Å². The predicted molar refractivity (Wildman–Crippen MR) is 94.0 cm³/mol. The molecular weight excluding hydrogens is 346 g/mol. The minimum atomic E-state index is 0.0286. The van der Waals surface area contributed by atoms with Gasteiger partial charge in [-0.1, -0.05) is 54.4 Å². The summed E-state index contributed by atoms with van der Waals surface area (Å²) >= 11 is 7.55. The van der Waals surface area contributed by atoms with Crippen molar-refractivity contribution in [3.63, 3.8) is 0 Å². The molecule has 0 atom stereocenters. The summed E-state index contributed by atoms with van der Waals surface area (Å²) < 4.78 is 1.87. The number of amides is 1. The Hall–Kier alpha value is -1.60. The molecule has 0 bridgehead atoms. The third-order valence-electron chi connectivity index (χ3n) is 4.25. The number of rotatable bonds is 6. The van der Waals surface area contributed by atoms with Gasteiger partial charge in [0, 0.05) is 18.6 Å². The normalized spacial score (nSPS) is 14.9. The van der Waals surface area contributed by atoms with Crippen LogP contribution < -0.4 is 0 Å². The van der Waals surface area contributed by atoms with E-state index < -0.39 is 0 Å². The molecule has 128 valence electrons.